The van der Waals surface area contributed by atoms with Crippen molar-refractivity contribution in [2.45, 2.75) is 80.1 Å². The first-order valence-electron chi connectivity index (χ1n) is 26.2. The molecule has 0 N–H and O–H groups in total. The van der Waals surface area contributed by atoms with E-state index >= 15 is 0 Å². The first-order valence-corrected chi connectivity index (χ1v) is 26.2. The number of hydrogen-bond donors (Lipinski definition) is 0. The van der Waals surface area contributed by atoms with Gasteiger partial charge in [-0.15, -0.1) is 0 Å². The van der Waals surface area contributed by atoms with E-state index in [2.05, 4.69) is 273 Å². The predicted octanol–water partition coefficient (Wildman–Crippen LogP) is 20.5. The maximum Gasteiger partial charge on any atom is 0.0465 e. The summed E-state index contributed by atoms with van der Waals surface area (Å²) in [6.07, 6.45) is 4.31. The molecule has 0 amide bonds. The molecule has 0 heterocycles. The van der Waals surface area contributed by atoms with Crippen molar-refractivity contribution in [3.63, 3.8) is 0 Å². The molecule has 0 aromatic heterocycles. The largest absolute Gasteiger partial charge is 0.310 e. The fourth-order valence-electron chi connectivity index (χ4n) is 11.9. The van der Waals surface area contributed by atoms with E-state index < -0.39 is 0 Å². The smallest absolute Gasteiger partial charge is 0.0465 e. The van der Waals surface area contributed by atoms with Crippen LogP contribution in [0.1, 0.15) is 99.9 Å². The van der Waals surface area contributed by atoms with Gasteiger partial charge in [0.25, 0.3) is 0 Å². The van der Waals surface area contributed by atoms with Crippen LogP contribution in [0.25, 0.3) is 66.8 Å². The molecule has 0 fully saturated rings. The Bertz CT molecular complexity index is 3610. The van der Waals surface area contributed by atoms with Crippen molar-refractivity contribution in [2.75, 3.05) is 4.90 Å². The van der Waals surface area contributed by atoms with Gasteiger partial charge in [-0.2, -0.15) is 0 Å². The summed E-state index contributed by atoms with van der Waals surface area (Å²) in [4.78, 5) is 2.42. The highest BCUT2D eigenvalue weighted by Gasteiger charge is 2.37. The van der Waals surface area contributed by atoms with Crippen molar-refractivity contribution in [2.24, 2.45) is 0 Å². The Hall–Kier alpha value is -8.00. The van der Waals surface area contributed by atoms with E-state index in [0.29, 0.717) is 0 Å². The van der Waals surface area contributed by atoms with Gasteiger partial charge >= 0.3 is 0 Å². The zero-order chi connectivity index (χ0) is 51.2. The average molecular weight is 946 g/mol. The van der Waals surface area contributed by atoms with Crippen LogP contribution in [0, 0.1) is 13.8 Å². The highest BCUT2D eigenvalue weighted by molar-refractivity contribution is 5.95. The summed E-state index contributed by atoms with van der Waals surface area (Å²) in [5.74, 6) is 0. The Labute approximate surface area is 435 Å². The maximum absolute atomic E-state index is 4.37. The van der Waals surface area contributed by atoms with Crippen molar-refractivity contribution < 1.29 is 0 Å². The zero-order valence-corrected chi connectivity index (χ0v) is 44.4. The number of aryl methyl sites for hydroxylation is 1. The molecule has 2 aliphatic carbocycles. The van der Waals surface area contributed by atoms with Crippen LogP contribution in [0.4, 0.5) is 17.1 Å². The maximum atomic E-state index is 4.37. The normalized spacial score (nSPS) is 13.9. The van der Waals surface area contributed by atoms with E-state index in [9.17, 15) is 0 Å². The Kier molecular flexibility index (Phi) is 13.0. The summed E-state index contributed by atoms with van der Waals surface area (Å²) in [5.41, 5.74) is 29.8. The van der Waals surface area contributed by atoms with Crippen molar-refractivity contribution in [3.05, 3.63) is 269 Å². The van der Waals surface area contributed by atoms with E-state index in [1.807, 2.05) is 19.9 Å². The molecule has 11 rings (SSSR count). The Morgan fingerprint density at radius 3 is 1.56 bits per heavy atom. The molecule has 0 atom stereocenters. The molecule has 0 spiro atoms. The minimum atomic E-state index is -0.249. The molecule has 0 unspecified atom stereocenters. The summed E-state index contributed by atoms with van der Waals surface area (Å²) in [6.45, 7) is 26.7. The third-order valence-electron chi connectivity index (χ3n) is 15.9. The van der Waals surface area contributed by atoms with E-state index in [1.54, 1.807) is 0 Å². The van der Waals surface area contributed by atoms with Gasteiger partial charge in [0.05, 0.1) is 0 Å². The fourth-order valence-corrected chi connectivity index (χ4v) is 11.9. The van der Waals surface area contributed by atoms with E-state index in [1.165, 1.54) is 111 Å². The van der Waals surface area contributed by atoms with Gasteiger partial charge < -0.3 is 4.90 Å². The molecule has 0 aliphatic heterocycles. The predicted molar refractivity (Wildman–Crippen MR) is 316 cm³/mol. The van der Waals surface area contributed by atoms with Crippen LogP contribution < -0.4 is 4.90 Å². The SMILES string of the molecule is C=C/C(=C(C)\C(=C/C)c1ccc2c(c1)C(C)(C)c1cc(N(c3ccc(-c4ccccc4)cc3)c3ccc(-c4ccc5c(c4)C(C)(C)c4ccccc4-5)cc3)ccc1-2)c1cccc(-c2ccccc2C)c1C.CC. The van der Waals surface area contributed by atoms with Gasteiger partial charge in [-0.25, -0.2) is 0 Å². The minimum Gasteiger partial charge on any atom is -0.310 e. The van der Waals surface area contributed by atoms with Crippen LogP contribution in [0.2, 0.25) is 0 Å². The van der Waals surface area contributed by atoms with E-state index in [4.69, 9.17) is 0 Å². The second-order valence-electron chi connectivity index (χ2n) is 20.6. The summed E-state index contributed by atoms with van der Waals surface area (Å²) < 4.78 is 0. The van der Waals surface area contributed by atoms with E-state index in [0.717, 1.165) is 22.6 Å². The average Bonchev–Trinajstić information content (AvgIpc) is 3.80. The lowest BCUT2D eigenvalue weighted by atomic mass is 9.80. The molecule has 9 aromatic carbocycles. The standard InChI is InChI=1S/C70H61N.C2H6/c1-10-56(46(4)57(11-2)59-25-19-26-60(47(59)5)58-23-16-15-20-45(58)3)52-33-40-63-64-41-38-55(44-68(64)70(8,9)67(63)43-52)71(53-34-28-49(29-35-53)48-21-13-12-14-22-48)54-36-30-50(31-37-54)51-32-39-62-61-24-17-18-27-65(61)69(6,7)66(62)42-51;1-2/h10-44H,2H2,1,3-9H3;1-2H3/b56-10+,57-46+;. The van der Waals surface area contributed by atoms with E-state index in [-0.39, 0.29) is 10.8 Å². The molecular formula is C72H67N. The number of rotatable bonds is 10. The van der Waals surface area contributed by atoms with Gasteiger partial charge in [0.1, 0.15) is 0 Å². The Morgan fingerprint density at radius 2 is 0.918 bits per heavy atom. The number of benzene rings is 9. The number of allylic oxidation sites excluding steroid dienone is 5. The van der Waals surface area contributed by atoms with Gasteiger partial charge in [0.15, 0.2) is 0 Å². The highest BCUT2D eigenvalue weighted by atomic mass is 15.1. The van der Waals surface area contributed by atoms with Gasteiger partial charge in [-0.05, 0) is 193 Å². The third-order valence-corrected chi connectivity index (χ3v) is 15.9. The van der Waals surface area contributed by atoms with Crippen molar-refractivity contribution in [1.82, 2.24) is 0 Å². The summed E-state index contributed by atoms with van der Waals surface area (Å²) >= 11 is 0. The number of nitrogens with zero attached hydrogens (tertiary/aromatic N) is 1. The Balaban J connectivity index is 0.00000302. The van der Waals surface area contributed by atoms with Crippen LogP contribution in [0.3, 0.4) is 0 Å². The lowest BCUT2D eigenvalue weighted by Crippen LogP contribution is -2.17. The lowest BCUT2D eigenvalue weighted by molar-refractivity contribution is 0.660. The summed E-state index contributed by atoms with van der Waals surface area (Å²) in [6, 6.07) is 74.3. The van der Waals surface area contributed by atoms with Gasteiger partial charge in [0.2, 0.25) is 0 Å². The van der Waals surface area contributed by atoms with Crippen molar-refractivity contribution in [1.29, 1.82) is 0 Å². The zero-order valence-electron chi connectivity index (χ0n) is 44.4. The summed E-state index contributed by atoms with van der Waals surface area (Å²) in [5, 5.41) is 0. The molecule has 0 saturated carbocycles. The van der Waals surface area contributed by atoms with Crippen LogP contribution in [0.15, 0.2) is 224 Å². The topological polar surface area (TPSA) is 3.24 Å². The fraction of sp³-hybridized carbons (Fsp3) is 0.167. The second-order valence-corrected chi connectivity index (χ2v) is 20.6. The molecule has 9 aromatic rings. The molecule has 1 heteroatoms. The first-order chi connectivity index (χ1) is 35.4. The quantitative estimate of drug-likeness (QED) is 0.124. The second kappa shape index (κ2) is 19.5. The molecule has 1 nitrogen and oxygen atoms in total. The molecular weight excluding hydrogens is 879 g/mol. The van der Waals surface area contributed by atoms with Gasteiger partial charge in [0, 0.05) is 27.9 Å². The van der Waals surface area contributed by atoms with Crippen LogP contribution in [-0.4, -0.2) is 0 Å². The highest BCUT2D eigenvalue weighted by Crippen LogP contribution is 2.53. The number of hydrogen-bond acceptors (Lipinski definition) is 1. The molecule has 2 aliphatic rings. The molecule has 73 heavy (non-hydrogen) atoms. The van der Waals surface area contributed by atoms with Gasteiger partial charge in [-0.1, -0.05) is 212 Å². The van der Waals surface area contributed by atoms with Crippen molar-refractivity contribution >= 4 is 28.2 Å². The Morgan fingerprint density at radius 1 is 0.438 bits per heavy atom. The first kappa shape index (κ1) is 48.6. The number of fused-ring (bicyclic) bond motifs is 6. The van der Waals surface area contributed by atoms with Gasteiger partial charge in [-0.3, -0.25) is 0 Å². The monoisotopic (exact) mass is 946 g/mol. The van der Waals surface area contributed by atoms with Crippen LogP contribution >= 0.6 is 0 Å². The van der Waals surface area contributed by atoms with Crippen molar-refractivity contribution in [3.8, 4) is 55.6 Å². The molecule has 360 valence electrons. The molecule has 0 radical (unpaired) electrons. The minimum absolute atomic E-state index is 0.0537. The molecule has 0 saturated heterocycles. The third kappa shape index (κ3) is 8.41. The summed E-state index contributed by atoms with van der Waals surface area (Å²) in [7, 11) is 0. The molecule has 0 bridgehead atoms. The van der Waals surface area contributed by atoms with Crippen LogP contribution in [-0.2, 0) is 10.8 Å². The lowest BCUT2D eigenvalue weighted by Gasteiger charge is -2.28. The van der Waals surface area contributed by atoms with Crippen LogP contribution in [0.5, 0.6) is 0 Å². The number of anilines is 3.